The van der Waals surface area contributed by atoms with Crippen LogP contribution in [0.4, 0.5) is 5.69 Å². The van der Waals surface area contributed by atoms with Gasteiger partial charge in [0.05, 0.1) is 35.6 Å². The van der Waals surface area contributed by atoms with E-state index >= 15 is 0 Å². The monoisotopic (exact) mass is 467 g/mol. The highest BCUT2D eigenvalue weighted by atomic mass is 79.9. The second kappa shape index (κ2) is 10.7. The molecule has 8 nitrogen and oxygen atoms in total. The lowest BCUT2D eigenvalue weighted by Crippen LogP contribution is -2.19. The Morgan fingerprint density at radius 3 is 2.61 bits per heavy atom. The predicted molar refractivity (Wildman–Crippen MR) is 112 cm³/mol. The van der Waals surface area contributed by atoms with E-state index in [-0.39, 0.29) is 17.3 Å². The molecule has 0 radical (unpaired) electrons. The van der Waals surface area contributed by atoms with Gasteiger partial charge in [0.25, 0.3) is 5.69 Å². The molecule has 0 aliphatic heterocycles. The highest BCUT2D eigenvalue weighted by Crippen LogP contribution is 2.35. The molecule has 1 amide bonds. The number of thioether (sulfide) groups is 1. The molecular formula is C18H18BrN3O5S. The first kappa shape index (κ1) is 21.7. The Morgan fingerprint density at radius 1 is 1.29 bits per heavy atom. The van der Waals surface area contributed by atoms with Crippen LogP contribution in [0.3, 0.4) is 0 Å². The van der Waals surface area contributed by atoms with Gasteiger partial charge in [0.15, 0.2) is 11.5 Å². The van der Waals surface area contributed by atoms with Gasteiger partial charge >= 0.3 is 0 Å². The summed E-state index contributed by atoms with van der Waals surface area (Å²) >= 11 is 4.78. The third kappa shape index (κ3) is 6.24. The summed E-state index contributed by atoms with van der Waals surface area (Å²) in [5, 5.41) is 14.6. The van der Waals surface area contributed by atoms with Gasteiger partial charge in [-0.25, -0.2) is 5.43 Å². The average Bonchev–Trinajstić information content (AvgIpc) is 2.68. The Hall–Kier alpha value is -2.59. The normalized spacial score (nSPS) is 10.7. The molecule has 0 heterocycles. The largest absolute Gasteiger partial charge is 0.493 e. The van der Waals surface area contributed by atoms with E-state index in [1.54, 1.807) is 31.4 Å². The smallest absolute Gasteiger partial charge is 0.269 e. The Morgan fingerprint density at radius 2 is 2.00 bits per heavy atom. The number of benzene rings is 2. The van der Waals surface area contributed by atoms with Crippen LogP contribution in [0.25, 0.3) is 0 Å². The minimum Gasteiger partial charge on any atom is -0.493 e. The lowest BCUT2D eigenvalue weighted by Gasteiger charge is -2.10. The van der Waals surface area contributed by atoms with E-state index in [1.165, 1.54) is 37.2 Å². The number of ether oxygens (including phenoxy) is 2. The summed E-state index contributed by atoms with van der Waals surface area (Å²) in [4.78, 5) is 22.0. The number of nitro benzene ring substituents is 1. The van der Waals surface area contributed by atoms with Crippen molar-refractivity contribution in [1.29, 1.82) is 0 Å². The molecule has 0 aliphatic rings. The van der Waals surface area contributed by atoms with Crippen LogP contribution in [-0.2, 0) is 10.5 Å². The SMILES string of the molecule is COc1cc(/C=N\NC(=O)CSCc2ccc([N+](=O)[O-])cc2)cc(Br)c1OC. The van der Waals surface area contributed by atoms with Crippen molar-refractivity contribution in [2.45, 2.75) is 5.75 Å². The molecule has 148 valence electrons. The topological polar surface area (TPSA) is 103 Å². The van der Waals surface area contributed by atoms with Crippen LogP contribution < -0.4 is 14.9 Å². The lowest BCUT2D eigenvalue weighted by atomic mass is 10.2. The summed E-state index contributed by atoms with van der Waals surface area (Å²) < 4.78 is 11.2. The molecule has 2 rings (SSSR count). The van der Waals surface area contributed by atoms with Crippen LogP contribution >= 0.6 is 27.7 Å². The number of hydrazone groups is 1. The van der Waals surface area contributed by atoms with Crippen LogP contribution in [0, 0.1) is 10.1 Å². The van der Waals surface area contributed by atoms with E-state index in [2.05, 4.69) is 26.5 Å². The zero-order valence-corrected chi connectivity index (χ0v) is 17.6. The van der Waals surface area contributed by atoms with Crippen molar-refractivity contribution in [2.75, 3.05) is 20.0 Å². The van der Waals surface area contributed by atoms with Gasteiger partial charge in [-0.2, -0.15) is 5.10 Å². The molecule has 10 heteroatoms. The van der Waals surface area contributed by atoms with Gasteiger partial charge in [-0.15, -0.1) is 11.8 Å². The molecule has 0 fully saturated rings. The van der Waals surface area contributed by atoms with E-state index < -0.39 is 4.92 Å². The van der Waals surface area contributed by atoms with Gasteiger partial charge in [-0.3, -0.25) is 14.9 Å². The number of nitrogens with zero attached hydrogens (tertiary/aromatic N) is 2. The molecule has 2 aromatic rings. The fraction of sp³-hybridized carbons (Fsp3) is 0.222. The summed E-state index contributed by atoms with van der Waals surface area (Å²) in [6.45, 7) is 0. The van der Waals surface area contributed by atoms with Gasteiger partial charge in [0.2, 0.25) is 5.91 Å². The fourth-order valence-corrected chi connectivity index (χ4v) is 3.60. The van der Waals surface area contributed by atoms with Gasteiger partial charge in [-0.05, 0) is 39.2 Å². The number of rotatable bonds is 9. The number of carbonyl (C=O) groups is 1. The zero-order valence-electron chi connectivity index (χ0n) is 15.2. The molecule has 0 bridgehead atoms. The fourth-order valence-electron chi connectivity index (χ4n) is 2.20. The van der Waals surface area contributed by atoms with Gasteiger partial charge in [-0.1, -0.05) is 12.1 Å². The molecule has 0 atom stereocenters. The Bertz CT molecular complexity index is 874. The maximum absolute atomic E-state index is 11.9. The maximum atomic E-state index is 11.9. The summed E-state index contributed by atoms with van der Waals surface area (Å²) in [7, 11) is 3.08. The molecular weight excluding hydrogens is 450 g/mol. The van der Waals surface area contributed by atoms with Gasteiger partial charge in [0, 0.05) is 17.9 Å². The van der Waals surface area contributed by atoms with Crippen LogP contribution in [0.1, 0.15) is 11.1 Å². The van der Waals surface area contributed by atoms with E-state index in [0.29, 0.717) is 21.7 Å². The number of carbonyl (C=O) groups excluding carboxylic acids is 1. The van der Waals surface area contributed by atoms with Crippen molar-refractivity contribution >= 4 is 45.5 Å². The van der Waals surface area contributed by atoms with E-state index in [1.807, 2.05) is 0 Å². The van der Waals surface area contributed by atoms with Crippen LogP contribution in [0.2, 0.25) is 0 Å². The summed E-state index contributed by atoms with van der Waals surface area (Å²) in [6.07, 6.45) is 1.51. The molecule has 0 aliphatic carbocycles. The number of methoxy groups -OCH3 is 2. The number of hydrogen-bond acceptors (Lipinski definition) is 7. The third-order valence-electron chi connectivity index (χ3n) is 3.51. The van der Waals surface area contributed by atoms with Crippen LogP contribution in [0.15, 0.2) is 46.0 Å². The molecule has 0 spiro atoms. The van der Waals surface area contributed by atoms with E-state index in [4.69, 9.17) is 9.47 Å². The lowest BCUT2D eigenvalue weighted by molar-refractivity contribution is -0.384. The second-order valence-corrected chi connectivity index (χ2v) is 7.29. The molecule has 1 N–H and O–H groups in total. The first-order valence-corrected chi connectivity index (χ1v) is 9.94. The number of amides is 1. The number of nitro groups is 1. The van der Waals surface area contributed by atoms with Crippen molar-refractivity contribution in [1.82, 2.24) is 5.43 Å². The maximum Gasteiger partial charge on any atom is 0.269 e. The number of non-ortho nitro benzene ring substituents is 1. The number of halogens is 1. The van der Waals surface area contributed by atoms with Gasteiger partial charge in [0.1, 0.15) is 0 Å². The highest BCUT2D eigenvalue weighted by molar-refractivity contribution is 9.10. The second-order valence-electron chi connectivity index (χ2n) is 5.45. The summed E-state index contributed by atoms with van der Waals surface area (Å²) in [6, 6.07) is 9.78. The number of nitrogens with one attached hydrogen (secondary N) is 1. The standard InChI is InChI=1S/C18H18BrN3O5S/c1-26-16-8-13(7-15(19)18(16)27-2)9-20-21-17(23)11-28-10-12-3-5-14(6-4-12)22(24)25/h3-9H,10-11H2,1-2H3,(H,21,23)/b20-9-. The van der Waals surface area contributed by atoms with E-state index in [0.717, 1.165) is 11.1 Å². The minimum absolute atomic E-state index is 0.0441. The Balaban J connectivity index is 1.82. The van der Waals surface area contributed by atoms with Gasteiger partial charge < -0.3 is 9.47 Å². The zero-order chi connectivity index (χ0) is 20.5. The molecule has 2 aromatic carbocycles. The first-order valence-electron chi connectivity index (χ1n) is 7.99. The molecule has 0 saturated heterocycles. The van der Waals surface area contributed by atoms with Crippen molar-refractivity contribution in [3.05, 3.63) is 62.1 Å². The highest BCUT2D eigenvalue weighted by Gasteiger charge is 2.10. The van der Waals surface area contributed by atoms with Crippen molar-refractivity contribution < 1.29 is 19.2 Å². The van der Waals surface area contributed by atoms with E-state index in [9.17, 15) is 14.9 Å². The Labute approximate surface area is 174 Å². The number of hydrogen-bond donors (Lipinski definition) is 1. The predicted octanol–water partition coefficient (Wildman–Crippen LogP) is 3.76. The molecule has 0 unspecified atom stereocenters. The average molecular weight is 468 g/mol. The molecule has 28 heavy (non-hydrogen) atoms. The van der Waals surface area contributed by atoms with Crippen LogP contribution in [-0.4, -0.2) is 37.0 Å². The minimum atomic E-state index is -0.445. The summed E-state index contributed by atoms with van der Waals surface area (Å²) in [5.41, 5.74) is 4.13. The van der Waals surface area contributed by atoms with Crippen molar-refractivity contribution in [3.63, 3.8) is 0 Å². The quantitative estimate of drug-likeness (QED) is 0.342. The Kier molecular flexibility index (Phi) is 8.27. The van der Waals surface area contributed by atoms with Crippen molar-refractivity contribution in [2.24, 2.45) is 5.10 Å². The first-order chi connectivity index (χ1) is 13.4. The van der Waals surface area contributed by atoms with Crippen LogP contribution in [0.5, 0.6) is 11.5 Å². The summed E-state index contributed by atoms with van der Waals surface area (Å²) in [5.74, 6) is 1.65. The molecule has 0 aromatic heterocycles. The molecule has 0 saturated carbocycles. The third-order valence-corrected chi connectivity index (χ3v) is 5.10. The van der Waals surface area contributed by atoms with Crippen molar-refractivity contribution in [3.8, 4) is 11.5 Å².